The Morgan fingerprint density at radius 3 is 3.12 bits per heavy atom. The standard InChI is InChI=1S/C17H16N4O2S/c1-10-13(16(22)20-11-4-3-5-12(8-11)24-2)14-15-18-6-7-21(15)9-19-17(14)23-10/h3-5,8-9H,6-7H2,1-2H3,(H,20,22). The second kappa shape index (κ2) is 5.83. The maximum absolute atomic E-state index is 12.9. The fourth-order valence-corrected chi connectivity index (χ4v) is 3.37. The van der Waals surface area contributed by atoms with Gasteiger partial charge in [0.2, 0.25) is 5.88 Å². The Morgan fingerprint density at radius 2 is 2.29 bits per heavy atom. The van der Waals surface area contributed by atoms with Gasteiger partial charge in [-0.15, -0.1) is 11.8 Å². The molecular weight excluding hydrogens is 324 g/mol. The summed E-state index contributed by atoms with van der Waals surface area (Å²) in [5, 5.41) is 2.95. The van der Waals surface area contributed by atoms with Crippen LogP contribution >= 0.6 is 11.8 Å². The highest BCUT2D eigenvalue weighted by Gasteiger charge is 2.33. The number of hydrogen-bond acceptors (Lipinski definition) is 6. The van der Waals surface area contributed by atoms with E-state index in [-0.39, 0.29) is 5.91 Å². The van der Waals surface area contributed by atoms with Gasteiger partial charge in [-0.25, -0.2) is 4.99 Å². The molecule has 1 aromatic heterocycles. The zero-order valence-corrected chi connectivity index (χ0v) is 14.2. The zero-order chi connectivity index (χ0) is 16.7. The summed E-state index contributed by atoms with van der Waals surface area (Å²) in [6, 6.07) is 7.75. The van der Waals surface area contributed by atoms with E-state index in [4.69, 9.17) is 4.42 Å². The SMILES string of the molecule is CSc1cccc(NC(=O)c2c(C)oc3c2C2=NCCN2C=N3)c1. The van der Waals surface area contributed by atoms with Crippen LogP contribution in [0.15, 0.2) is 43.6 Å². The molecule has 0 atom stereocenters. The summed E-state index contributed by atoms with van der Waals surface area (Å²) in [5.74, 6) is 1.56. The van der Waals surface area contributed by atoms with Gasteiger partial charge in [-0.1, -0.05) is 6.07 Å². The summed E-state index contributed by atoms with van der Waals surface area (Å²) in [6.45, 7) is 3.25. The van der Waals surface area contributed by atoms with Crippen LogP contribution in [0.3, 0.4) is 0 Å². The van der Waals surface area contributed by atoms with Gasteiger partial charge in [-0.2, -0.15) is 0 Å². The summed E-state index contributed by atoms with van der Waals surface area (Å²) in [4.78, 5) is 24.7. The fraction of sp³-hybridized carbons (Fsp3) is 0.235. The summed E-state index contributed by atoms with van der Waals surface area (Å²) in [5.41, 5.74) is 1.94. The van der Waals surface area contributed by atoms with E-state index in [1.807, 2.05) is 35.4 Å². The van der Waals surface area contributed by atoms with Crippen molar-refractivity contribution in [3.63, 3.8) is 0 Å². The van der Waals surface area contributed by atoms with Crippen molar-refractivity contribution >= 4 is 41.4 Å². The average molecular weight is 340 g/mol. The second-order valence-corrected chi connectivity index (χ2v) is 6.42. The van der Waals surface area contributed by atoms with E-state index in [1.54, 1.807) is 25.0 Å². The first-order valence-corrected chi connectivity index (χ1v) is 8.84. The lowest BCUT2D eigenvalue weighted by Gasteiger charge is -2.18. The minimum atomic E-state index is -0.206. The molecule has 0 radical (unpaired) electrons. The number of thioether (sulfide) groups is 1. The number of fused-ring (bicyclic) bond motifs is 3. The molecule has 2 aliphatic heterocycles. The largest absolute Gasteiger partial charge is 0.442 e. The van der Waals surface area contributed by atoms with Crippen LogP contribution in [0.5, 0.6) is 0 Å². The third kappa shape index (κ3) is 2.41. The predicted molar refractivity (Wildman–Crippen MR) is 95.9 cm³/mol. The lowest BCUT2D eigenvalue weighted by atomic mass is 10.1. The van der Waals surface area contributed by atoms with Gasteiger partial charge in [0.15, 0.2) is 0 Å². The summed E-state index contributed by atoms with van der Waals surface area (Å²) in [7, 11) is 0. The van der Waals surface area contributed by atoms with Crippen molar-refractivity contribution in [2.75, 3.05) is 24.7 Å². The molecule has 0 spiro atoms. The minimum absolute atomic E-state index is 0.206. The van der Waals surface area contributed by atoms with Crippen molar-refractivity contribution in [3.8, 4) is 0 Å². The number of aryl methyl sites for hydroxylation is 1. The number of benzene rings is 1. The van der Waals surface area contributed by atoms with Gasteiger partial charge in [-0.05, 0) is 31.4 Å². The Kier molecular flexibility index (Phi) is 3.65. The average Bonchev–Trinajstić information content (AvgIpc) is 3.17. The number of hydrogen-bond donors (Lipinski definition) is 1. The molecule has 2 aromatic rings. The highest BCUT2D eigenvalue weighted by Crippen LogP contribution is 2.34. The number of rotatable bonds is 3. The Hall–Kier alpha value is -2.54. The van der Waals surface area contributed by atoms with Crippen molar-refractivity contribution in [1.29, 1.82) is 0 Å². The van der Waals surface area contributed by atoms with Crippen LogP contribution < -0.4 is 5.32 Å². The number of amidine groups is 1. The molecule has 0 bridgehead atoms. The topological polar surface area (TPSA) is 70.2 Å². The van der Waals surface area contributed by atoms with Crippen molar-refractivity contribution in [2.45, 2.75) is 11.8 Å². The van der Waals surface area contributed by atoms with Crippen LogP contribution in [-0.4, -0.2) is 42.3 Å². The first-order valence-electron chi connectivity index (χ1n) is 7.62. The molecule has 1 N–H and O–H groups in total. The molecule has 1 aromatic carbocycles. The lowest BCUT2D eigenvalue weighted by molar-refractivity contribution is 0.102. The first-order chi connectivity index (χ1) is 11.7. The summed E-state index contributed by atoms with van der Waals surface area (Å²) < 4.78 is 5.68. The second-order valence-electron chi connectivity index (χ2n) is 5.54. The van der Waals surface area contributed by atoms with Gasteiger partial charge in [-0.3, -0.25) is 9.79 Å². The molecule has 6 nitrogen and oxygen atoms in total. The maximum Gasteiger partial charge on any atom is 0.260 e. The number of nitrogens with one attached hydrogen (secondary N) is 1. The fourth-order valence-electron chi connectivity index (χ4n) is 2.91. The summed E-state index contributed by atoms with van der Waals surface area (Å²) >= 11 is 1.63. The van der Waals surface area contributed by atoms with E-state index < -0.39 is 0 Å². The van der Waals surface area contributed by atoms with Crippen LogP contribution in [0.2, 0.25) is 0 Å². The first kappa shape index (κ1) is 15.0. The number of nitrogens with zero attached hydrogens (tertiary/aromatic N) is 3. The number of anilines is 1. The van der Waals surface area contributed by atoms with Gasteiger partial charge in [0.05, 0.1) is 17.7 Å². The Balaban J connectivity index is 1.71. The molecule has 3 heterocycles. The lowest BCUT2D eigenvalue weighted by Crippen LogP contribution is -2.30. The molecule has 2 aliphatic rings. The normalized spacial score (nSPS) is 15.1. The molecule has 0 saturated carbocycles. The third-order valence-corrected chi connectivity index (χ3v) is 4.76. The van der Waals surface area contributed by atoms with Crippen LogP contribution in [0.4, 0.5) is 11.6 Å². The highest BCUT2D eigenvalue weighted by atomic mass is 32.2. The Bertz CT molecular complexity index is 885. The van der Waals surface area contributed by atoms with E-state index in [0.29, 0.717) is 29.3 Å². The van der Waals surface area contributed by atoms with Crippen LogP contribution in [-0.2, 0) is 0 Å². The van der Waals surface area contributed by atoms with Gasteiger partial charge in [0, 0.05) is 17.1 Å². The third-order valence-electron chi connectivity index (χ3n) is 4.03. The number of aliphatic imine (C=N–C) groups is 2. The maximum atomic E-state index is 12.9. The number of carbonyl (C=O) groups is 1. The van der Waals surface area contributed by atoms with Crippen molar-refractivity contribution in [2.24, 2.45) is 9.98 Å². The van der Waals surface area contributed by atoms with E-state index >= 15 is 0 Å². The van der Waals surface area contributed by atoms with Gasteiger partial charge >= 0.3 is 0 Å². The monoisotopic (exact) mass is 340 g/mol. The molecule has 0 unspecified atom stereocenters. The van der Waals surface area contributed by atoms with E-state index in [0.717, 1.165) is 23.0 Å². The quantitative estimate of drug-likeness (QED) is 0.871. The van der Waals surface area contributed by atoms with Crippen LogP contribution in [0.1, 0.15) is 21.7 Å². The molecule has 0 fully saturated rings. The van der Waals surface area contributed by atoms with Crippen molar-refractivity contribution < 1.29 is 9.21 Å². The highest BCUT2D eigenvalue weighted by molar-refractivity contribution is 7.98. The molecular formula is C17H16N4O2S. The van der Waals surface area contributed by atoms with Crippen molar-refractivity contribution in [1.82, 2.24) is 4.90 Å². The van der Waals surface area contributed by atoms with Crippen LogP contribution in [0.25, 0.3) is 0 Å². The number of amides is 1. The number of furan rings is 1. The molecule has 4 rings (SSSR count). The number of carbonyl (C=O) groups excluding carboxylic acids is 1. The van der Waals surface area contributed by atoms with Gasteiger partial charge in [0.25, 0.3) is 5.91 Å². The van der Waals surface area contributed by atoms with E-state index in [1.165, 1.54) is 0 Å². The smallest absolute Gasteiger partial charge is 0.260 e. The molecule has 0 saturated heterocycles. The molecule has 122 valence electrons. The summed E-state index contributed by atoms with van der Waals surface area (Å²) in [6.07, 6.45) is 3.71. The van der Waals surface area contributed by atoms with E-state index in [9.17, 15) is 4.79 Å². The van der Waals surface area contributed by atoms with Gasteiger partial charge < -0.3 is 14.6 Å². The van der Waals surface area contributed by atoms with E-state index in [2.05, 4.69) is 15.3 Å². The zero-order valence-electron chi connectivity index (χ0n) is 13.4. The van der Waals surface area contributed by atoms with Crippen LogP contribution in [0, 0.1) is 6.92 Å². The Morgan fingerprint density at radius 1 is 1.42 bits per heavy atom. The predicted octanol–water partition coefficient (Wildman–Crippen LogP) is 3.30. The van der Waals surface area contributed by atoms with Crippen molar-refractivity contribution in [3.05, 3.63) is 41.2 Å². The Labute approximate surface area is 143 Å². The minimum Gasteiger partial charge on any atom is -0.442 e. The molecule has 24 heavy (non-hydrogen) atoms. The molecule has 1 amide bonds. The molecule has 7 heteroatoms. The molecule has 0 aliphatic carbocycles. The van der Waals surface area contributed by atoms with Gasteiger partial charge in [0.1, 0.15) is 17.9 Å².